The number of carbonyl (C=O) groups excluding carboxylic acids is 2. The second-order valence-electron chi connectivity index (χ2n) is 6.16. The van der Waals surface area contributed by atoms with Gasteiger partial charge in [-0.05, 0) is 72.8 Å². The molecular weight excluding hydrogens is 411 g/mol. The Morgan fingerprint density at radius 2 is 1.33 bits per heavy atom. The van der Waals surface area contributed by atoms with Crippen LogP contribution in [0.2, 0.25) is 0 Å². The van der Waals surface area contributed by atoms with E-state index in [9.17, 15) is 22.4 Å². The second-order valence-corrected chi connectivity index (χ2v) is 7.84. The Labute approximate surface area is 172 Å². The highest BCUT2D eigenvalue weighted by atomic mass is 32.2. The van der Waals surface area contributed by atoms with Gasteiger partial charge in [0.05, 0.1) is 17.6 Å². The summed E-state index contributed by atoms with van der Waals surface area (Å²) < 4.78 is 44.8. The maximum absolute atomic E-state index is 13.0. The van der Waals surface area contributed by atoms with Gasteiger partial charge < -0.3 is 10.1 Å². The van der Waals surface area contributed by atoms with Crippen molar-refractivity contribution in [2.24, 2.45) is 0 Å². The first-order chi connectivity index (χ1) is 14.3. The minimum atomic E-state index is -3.89. The first-order valence-electron chi connectivity index (χ1n) is 8.67. The van der Waals surface area contributed by atoms with E-state index in [-0.39, 0.29) is 16.1 Å². The fourth-order valence-corrected chi connectivity index (χ4v) is 3.59. The molecule has 154 valence electrons. The third-order valence-corrected chi connectivity index (χ3v) is 5.48. The molecule has 0 unspecified atom stereocenters. The number of rotatable bonds is 6. The molecule has 0 atom stereocenters. The first kappa shape index (κ1) is 21.0. The van der Waals surface area contributed by atoms with Crippen LogP contribution in [0, 0.1) is 5.82 Å². The molecule has 9 heteroatoms. The van der Waals surface area contributed by atoms with Gasteiger partial charge in [-0.1, -0.05) is 0 Å². The Bertz CT molecular complexity index is 1160. The standard InChI is InChI=1S/C21H17FN2O5S/c1-29-21(26)15-2-8-17(9-3-15)23-20(25)14-4-12-19(13-5-14)30(27,28)24-18-10-6-16(22)7-11-18/h2-13,24H,1H3,(H,23,25). The number of sulfonamides is 1. The van der Waals surface area contributed by atoms with E-state index in [1.807, 2.05) is 0 Å². The lowest BCUT2D eigenvalue weighted by Crippen LogP contribution is -2.15. The molecule has 0 radical (unpaired) electrons. The summed E-state index contributed by atoms with van der Waals surface area (Å²) in [6.45, 7) is 0. The SMILES string of the molecule is COC(=O)c1ccc(NC(=O)c2ccc(S(=O)(=O)Nc3ccc(F)cc3)cc2)cc1. The lowest BCUT2D eigenvalue weighted by molar-refractivity contribution is 0.0600. The predicted molar refractivity (Wildman–Crippen MR) is 109 cm³/mol. The lowest BCUT2D eigenvalue weighted by atomic mass is 10.2. The first-order valence-corrected chi connectivity index (χ1v) is 10.1. The van der Waals surface area contributed by atoms with E-state index < -0.39 is 27.7 Å². The number of hydrogen-bond acceptors (Lipinski definition) is 5. The largest absolute Gasteiger partial charge is 0.465 e. The van der Waals surface area contributed by atoms with Crippen molar-refractivity contribution in [1.29, 1.82) is 0 Å². The van der Waals surface area contributed by atoms with Crippen LogP contribution in [-0.2, 0) is 14.8 Å². The quantitative estimate of drug-likeness (QED) is 0.584. The monoisotopic (exact) mass is 428 g/mol. The maximum atomic E-state index is 13.0. The number of hydrogen-bond donors (Lipinski definition) is 2. The molecule has 3 aromatic rings. The van der Waals surface area contributed by atoms with Crippen molar-refractivity contribution in [2.45, 2.75) is 4.90 Å². The highest BCUT2D eigenvalue weighted by Crippen LogP contribution is 2.18. The van der Waals surface area contributed by atoms with Crippen molar-refractivity contribution in [1.82, 2.24) is 0 Å². The number of ether oxygens (including phenoxy) is 1. The van der Waals surface area contributed by atoms with Crippen LogP contribution in [0.5, 0.6) is 0 Å². The van der Waals surface area contributed by atoms with Crippen LogP contribution in [0.4, 0.5) is 15.8 Å². The van der Waals surface area contributed by atoms with Crippen molar-refractivity contribution in [2.75, 3.05) is 17.1 Å². The molecule has 0 saturated heterocycles. The minimum Gasteiger partial charge on any atom is -0.465 e. The number of carbonyl (C=O) groups is 2. The smallest absolute Gasteiger partial charge is 0.337 e. The molecule has 0 aromatic heterocycles. The fourth-order valence-electron chi connectivity index (χ4n) is 2.53. The topological polar surface area (TPSA) is 102 Å². The van der Waals surface area contributed by atoms with Crippen molar-refractivity contribution in [3.05, 3.63) is 89.7 Å². The van der Waals surface area contributed by atoms with Gasteiger partial charge in [0.1, 0.15) is 5.82 Å². The number of amides is 1. The lowest BCUT2D eigenvalue weighted by Gasteiger charge is -2.09. The Balaban J connectivity index is 1.69. The summed E-state index contributed by atoms with van der Waals surface area (Å²) in [5.41, 5.74) is 1.27. The van der Waals surface area contributed by atoms with Gasteiger partial charge in [0.25, 0.3) is 15.9 Å². The molecule has 0 bridgehead atoms. The van der Waals surface area contributed by atoms with Crippen molar-refractivity contribution >= 4 is 33.3 Å². The third kappa shape index (κ3) is 5.00. The molecule has 0 fully saturated rings. The zero-order valence-electron chi connectivity index (χ0n) is 15.8. The molecule has 0 aliphatic carbocycles. The van der Waals surface area contributed by atoms with Crippen molar-refractivity contribution in [3.63, 3.8) is 0 Å². The number of esters is 1. The summed E-state index contributed by atoms with van der Waals surface area (Å²) in [6.07, 6.45) is 0. The van der Waals surface area contributed by atoms with Crippen LogP contribution in [0.3, 0.4) is 0 Å². The predicted octanol–water partition coefficient (Wildman–Crippen LogP) is 3.67. The van der Waals surface area contributed by atoms with E-state index in [2.05, 4.69) is 14.8 Å². The average Bonchev–Trinajstić information content (AvgIpc) is 2.75. The zero-order valence-corrected chi connectivity index (χ0v) is 16.6. The normalized spacial score (nSPS) is 10.9. The highest BCUT2D eigenvalue weighted by Gasteiger charge is 2.15. The molecule has 7 nitrogen and oxygen atoms in total. The Hall–Kier alpha value is -3.72. The fraction of sp³-hybridized carbons (Fsp3) is 0.0476. The van der Waals surface area contributed by atoms with Gasteiger partial charge in [-0.15, -0.1) is 0 Å². The van der Waals surface area contributed by atoms with Gasteiger partial charge in [0.2, 0.25) is 0 Å². The molecule has 0 aliphatic rings. The molecule has 0 heterocycles. The molecule has 1 amide bonds. The molecule has 3 rings (SSSR count). The van der Waals surface area contributed by atoms with Gasteiger partial charge in [-0.2, -0.15) is 0 Å². The molecular formula is C21H17FN2O5S. The summed E-state index contributed by atoms with van der Waals surface area (Å²) >= 11 is 0. The van der Waals surface area contributed by atoms with E-state index in [4.69, 9.17) is 0 Å². The highest BCUT2D eigenvalue weighted by molar-refractivity contribution is 7.92. The number of benzene rings is 3. The summed E-state index contributed by atoms with van der Waals surface area (Å²) in [5, 5.41) is 2.65. The molecule has 0 saturated carbocycles. The van der Waals surface area contributed by atoms with Crippen LogP contribution in [0.25, 0.3) is 0 Å². The number of methoxy groups -OCH3 is 1. The Kier molecular flexibility index (Phi) is 6.12. The van der Waals surface area contributed by atoms with E-state index in [0.29, 0.717) is 11.3 Å². The van der Waals surface area contributed by atoms with Crippen LogP contribution < -0.4 is 10.0 Å². The van der Waals surface area contributed by atoms with Gasteiger partial charge in [0, 0.05) is 16.9 Å². The zero-order chi connectivity index (χ0) is 21.7. The van der Waals surface area contributed by atoms with Gasteiger partial charge in [0.15, 0.2) is 0 Å². The summed E-state index contributed by atoms with van der Waals surface area (Å²) in [7, 11) is -2.62. The van der Waals surface area contributed by atoms with Gasteiger partial charge >= 0.3 is 5.97 Å². The Morgan fingerprint density at radius 1 is 0.800 bits per heavy atom. The van der Waals surface area contributed by atoms with Crippen LogP contribution in [0.15, 0.2) is 77.7 Å². The van der Waals surface area contributed by atoms with Gasteiger partial charge in [-0.25, -0.2) is 17.6 Å². The molecule has 2 N–H and O–H groups in total. The molecule has 0 aliphatic heterocycles. The summed E-state index contributed by atoms with van der Waals surface area (Å²) in [4.78, 5) is 23.8. The van der Waals surface area contributed by atoms with Crippen molar-refractivity contribution in [3.8, 4) is 0 Å². The maximum Gasteiger partial charge on any atom is 0.337 e. The van der Waals surface area contributed by atoms with E-state index in [1.54, 1.807) is 12.1 Å². The average molecular weight is 428 g/mol. The van der Waals surface area contributed by atoms with Crippen LogP contribution >= 0.6 is 0 Å². The van der Waals surface area contributed by atoms with Crippen LogP contribution in [-0.4, -0.2) is 27.4 Å². The third-order valence-electron chi connectivity index (χ3n) is 4.09. The number of halogens is 1. The van der Waals surface area contributed by atoms with Crippen molar-refractivity contribution < 1.29 is 27.1 Å². The second kappa shape index (κ2) is 8.75. The van der Waals surface area contributed by atoms with E-state index in [1.165, 1.54) is 55.6 Å². The number of anilines is 2. The van der Waals surface area contributed by atoms with Gasteiger partial charge in [-0.3, -0.25) is 9.52 Å². The van der Waals surface area contributed by atoms with E-state index in [0.717, 1.165) is 12.1 Å². The molecule has 0 spiro atoms. The van der Waals surface area contributed by atoms with E-state index >= 15 is 0 Å². The van der Waals surface area contributed by atoms with Crippen LogP contribution in [0.1, 0.15) is 20.7 Å². The minimum absolute atomic E-state index is 0.0502. The summed E-state index contributed by atoms with van der Waals surface area (Å²) in [5.74, 6) is -1.41. The summed E-state index contributed by atoms with van der Waals surface area (Å²) in [6, 6.07) is 16.4. The Morgan fingerprint density at radius 3 is 1.90 bits per heavy atom. The molecule has 3 aromatic carbocycles. The molecule has 30 heavy (non-hydrogen) atoms. The number of nitrogens with one attached hydrogen (secondary N) is 2.